The molecule has 5 rings (SSSR count). The molecule has 0 aliphatic heterocycles. The Hall–Kier alpha value is -3.69. The van der Waals surface area contributed by atoms with Crippen LogP contribution in [0.5, 0.6) is 5.75 Å². The van der Waals surface area contributed by atoms with Crippen molar-refractivity contribution in [1.82, 2.24) is 24.5 Å². The Balaban J connectivity index is 1.74. The summed E-state index contributed by atoms with van der Waals surface area (Å²) in [6.07, 6.45) is 7.20. The van der Waals surface area contributed by atoms with Crippen molar-refractivity contribution in [2.75, 3.05) is 13.4 Å². The van der Waals surface area contributed by atoms with E-state index in [4.69, 9.17) is 14.1 Å². The maximum Gasteiger partial charge on any atom is 0.345 e. The molecule has 0 spiro atoms. The van der Waals surface area contributed by atoms with Gasteiger partial charge in [-0.25, -0.2) is 4.98 Å². The summed E-state index contributed by atoms with van der Waals surface area (Å²) in [5.74, 6) is 2.62. The van der Waals surface area contributed by atoms with Crippen molar-refractivity contribution in [3.8, 4) is 23.0 Å². The van der Waals surface area contributed by atoms with Crippen molar-refractivity contribution in [3.63, 3.8) is 0 Å². The Bertz CT molecular complexity index is 1370. The summed E-state index contributed by atoms with van der Waals surface area (Å²) in [5, 5.41) is 0.221. The van der Waals surface area contributed by atoms with Gasteiger partial charge in [-0.1, -0.05) is 0 Å². The molecular weight excluding hydrogens is 426 g/mol. The Kier molecular flexibility index (Phi) is 5.34. The van der Waals surface area contributed by atoms with Gasteiger partial charge in [0.1, 0.15) is 29.3 Å². The van der Waals surface area contributed by atoms with Gasteiger partial charge < -0.3 is 13.7 Å². The van der Waals surface area contributed by atoms with Crippen LogP contribution in [0.1, 0.15) is 11.4 Å². The van der Waals surface area contributed by atoms with Gasteiger partial charge in [0.15, 0.2) is 5.76 Å². The summed E-state index contributed by atoms with van der Waals surface area (Å²) in [7, 11) is 1.62. The van der Waals surface area contributed by atoms with Gasteiger partial charge in [0.2, 0.25) is 0 Å². The standard InChI is InChI=1S/C23H19N5O3S/c1-30-16-5-6-19-17(13-16)25-21(12-15-7-9-24-10-8-15)28(19)22-14-18(20-4-3-11-31-20)26-23(27-22)32(2)29/h3-11,13-14H,12H2,1-2H3. The van der Waals surface area contributed by atoms with Crippen LogP contribution >= 0.6 is 0 Å². The van der Waals surface area contributed by atoms with E-state index in [9.17, 15) is 4.55 Å². The van der Waals surface area contributed by atoms with E-state index < -0.39 is 11.2 Å². The third kappa shape index (κ3) is 3.83. The molecule has 0 aliphatic carbocycles. The molecule has 1 atom stereocenters. The number of ether oxygens (including phenoxy) is 1. The quantitative estimate of drug-likeness (QED) is 0.289. The van der Waals surface area contributed by atoms with E-state index in [1.54, 1.807) is 38.1 Å². The van der Waals surface area contributed by atoms with Crippen LogP contribution in [-0.2, 0) is 17.6 Å². The lowest BCUT2D eigenvalue weighted by molar-refractivity contribution is 0.415. The molecule has 1 aromatic carbocycles. The lowest BCUT2D eigenvalue weighted by Crippen LogP contribution is -2.11. The van der Waals surface area contributed by atoms with Gasteiger partial charge in [-0.15, -0.1) is 0 Å². The van der Waals surface area contributed by atoms with Crippen LogP contribution in [0.2, 0.25) is 0 Å². The molecule has 0 saturated heterocycles. The molecule has 160 valence electrons. The fourth-order valence-electron chi connectivity index (χ4n) is 3.50. The van der Waals surface area contributed by atoms with Crippen LogP contribution in [0.3, 0.4) is 0 Å². The summed E-state index contributed by atoms with van der Waals surface area (Å²) in [4.78, 5) is 18.0. The minimum Gasteiger partial charge on any atom is -0.609 e. The van der Waals surface area contributed by atoms with Crippen LogP contribution in [0.4, 0.5) is 0 Å². The molecule has 8 nitrogen and oxygen atoms in total. The second kappa shape index (κ2) is 8.45. The fourth-order valence-corrected chi connectivity index (χ4v) is 3.95. The number of hydrogen-bond acceptors (Lipinski definition) is 7. The monoisotopic (exact) mass is 445 g/mol. The Morgan fingerprint density at radius 2 is 1.91 bits per heavy atom. The maximum atomic E-state index is 12.3. The summed E-state index contributed by atoms with van der Waals surface area (Å²) in [6, 6.07) is 15.0. The van der Waals surface area contributed by atoms with E-state index in [0.29, 0.717) is 29.4 Å². The molecule has 5 aromatic rings. The highest BCUT2D eigenvalue weighted by atomic mass is 32.2. The number of nitrogens with zero attached hydrogens (tertiary/aromatic N) is 5. The van der Waals surface area contributed by atoms with Gasteiger partial charge in [-0.2, -0.15) is 9.97 Å². The molecule has 32 heavy (non-hydrogen) atoms. The van der Waals surface area contributed by atoms with E-state index >= 15 is 0 Å². The first kappa shape index (κ1) is 20.2. The number of rotatable bonds is 6. The largest absolute Gasteiger partial charge is 0.609 e. The van der Waals surface area contributed by atoms with E-state index in [-0.39, 0.29) is 5.16 Å². The third-order valence-corrected chi connectivity index (χ3v) is 5.69. The van der Waals surface area contributed by atoms with Crippen molar-refractivity contribution < 1.29 is 13.7 Å². The Morgan fingerprint density at radius 1 is 1.06 bits per heavy atom. The molecule has 0 N–H and O–H groups in total. The molecular formula is C23H19N5O3S. The number of imidazole rings is 1. The Morgan fingerprint density at radius 3 is 2.62 bits per heavy atom. The summed E-state index contributed by atoms with van der Waals surface area (Å²) in [5.41, 5.74) is 3.23. The van der Waals surface area contributed by atoms with Crippen LogP contribution in [0, 0.1) is 0 Å². The zero-order valence-corrected chi connectivity index (χ0v) is 18.2. The van der Waals surface area contributed by atoms with Crippen molar-refractivity contribution in [2.24, 2.45) is 0 Å². The molecule has 9 heteroatoms. The SMILES string of the molecule is COc1ccc2c(c1)nc(Cc1ccncc1)n2-c1cc(-c2ccco2)nc([S+](C)[O-])n1. The first-order chi connectivity index (χ1) is 15.6. The topological polar surface area (TPSA) is 102 Å². The highest BCUT2D eigenvalue weighted by Crippen LogP contribution is 2.28. The maximum absolute atomic E-state index is 12.3. The lowest BCUT2D eigenvalue weighted by Gasteiger charge is -2.12. The Labute approximate surface area is 187 Å². The molecule has 0 bridgehead atoms. The number of methoxy groups -OCH3 is 1. The molecule has 4 aromatic heterocycles. The van der Waals surface area contributed by atoms with Crippen molar-refractivity contribution in [3.05, 3.63) is 78.6 Å². The van der Waals surface area contributed by atoms with E-state index in [1.807, 2.05) is 47.0 Å². The fraction of sp³-hybridized carbons (Fsp3) is 0.130. The number of furan rings is 1. The van der Waals surface area contributed by atoms with Gasteiger partial charge in [0.05, 0.1) is 24.4 Å². The van der Waals surface area contributed by atoms with Crippen LogP contribution in [-0.4, -0.2) is 42.4 Å². The highest BCUT2D eigenvalue weighted by molar-refractivity contribution is 7.90. The predicted molar refractivity (Wildman–Crippen MR) is 120 cm³/mol. The average Bonchev–Trinajstić information content (AvgIpc) is 3.47. The average molecular weight is 446 g/mol. The number of hydrogen-bond donors (Lipinski definition) is 0. The minimum absolute atomic E-state index is 0.221. The zero-order chi connectivity index (χ0) is 22.1. The van der Waals surface area contributed by atoms with Gasteiger partial charge in [0, 0.05) is 42.1 Å². The molecule has 0 amide bonds. The first-order valence-corrected chi connectivity index (χ1v) is 11.4. The smallest absolute Gasteiger partial charge is 0.345 e. The first-order valence-electron chi connectivity index (χ1n) is 9.83. The molecule has 1 unspecified atom stereocenters. The van der Waals surface area contributed by atoms with Gasteiger partial charge in [0.25, 0.3) is 0 Å². The van der Waals surface area contributed by atoms with E-state index in [0.717, 1.165) is 22.4 Å². The number of benzene rings is 1. The molecule has 4 heterocycles. The third-order valence-electron chi connectivity index (χ3n) is 4.99. The predicted octanol–water partition coefficient (Wildman–Crippen LogP) is 3.81. The number of fused-ring (bicyclic) bond motifs is 1. The highest BCUT2D eigenvalue weighted by Gasteiger charge is 2.20. The van der Waals surface area contributed by atoms with Gasteiger partial charge in [-0.05, 0) is 42.0 Å². The summed E-state index contributed by atoms with van der Waals surface area (Å²) in [6.45, 7) is 0. The van der Waals surface area contributed by atoms with Crippen molar-refractivity contribution in [1.29, 1.82) is 0 Å². The molecule has 0 aliphatic rings. The number of pyridine rings is 1. The number of aromatic nitrogens is 5. The van der Waals surface area contributed by atoms with Crippen LogP contribution < -0.4 is 4.74 Å². The second-order valence-electron chi connectivity index (χ2n) is 7.08. The minimum atomic E-state index is -1.38. The molecule has 0 saturated carbocycles. The van der Waals surface area contributed by atoms with E-state index in [1.165, 1.54) is 0 Å². The van der Waals surface area contributed by atoms with Crippen molar-refractivity contribution >= 4 is 22.2 Å². The molecule has 0 radical (unpaired) electrons. The zero-order valence-electron chi connectivity index (χ0n) is 17.4. The van der Waals surface area contributed by atoms with Crippen molar-refractivity contribution in [2.45, 2.75) is 11.6 Å². The summed E-state index contributed by atoms with van der Waals surface area (Å²) >= 11 is -1.38. The van der Waals surface area contributed by atoms with Crippen LogP contribution in [0.25, 0.3) is 28.3 Å². The normalized spacial score (nSPS) is 12.2. The van der Waals surface area contributed by atoms with Gasteiger partial charge in [-0.3, -0.25) is 9.55 Å². The van der Waals surface area contributed by atoms with Crippen LogP contribution in [0.15, 0.2) is 76.8 Å². The lowest BCUT2D eigenvalue weighted by atomic mass is 10.2. The van der Waals surface area contributed by atoms with E-state index in [2.05, 4.69) is 15.0 Å². The second-order valence-corrected chi connectivity index (χ2v) is 8.35. The summed E-state index contributed by atoms with van der Waals surface area (Å²) < 4.78 is 25.2. The van der Waals surface area contributed by atoms with Gasteiger partial charge >= 0.3 is 5.16 Å². The molecule has 0 fully saturated rings.